The quantitative estimate of drug-likeness (QED) is 0.788. The van der Waals surface area contributed by atoms with Gasteiger partial charge in [0.15, 0.2) is 5.78 Å². The van der Waals surface area contributed by atoms with Gasteiger partial charge in [-0.3, -0.25) is 4.79 Å². The van der Waals surface area contributed by atoms with Gasteiger partial charge in [-0.25, -0.2) is 0 Å². The fourth-order valence-corrected chi connectivity index (χ4v) is 3.93. The predicted octanol–water partition coefficient (Wildman–Crippen LogP) is 2.85. The number of carbonyl (C=O) groups excluding carboxylic acids is 1. The van der Waals surface area contributed by atoms with Gasteiger partial charge >= 0.3 is 0 Å². The van der Waals surface area contributed by atoms with Gasteiger partial charge in [0.2, 0.25) is 0 Å². The summed E-state index contributed by atoms with van der Waals surface area (Å²) in [6.07, 6.45) is 8.27. The molecule has 22 heavy (non-hydrogen) atoms. The molecule has 2 unspecified atom stereocenters. The first-order valence-corrected chi connectivity index (χ1v) is 8.70. The molecule has 4 nitrogen and oxygen atoms in total. The van der Waals surface area contributed by atoms with Crippen molar-refractivity contribution < 1.29 is 13.2 Å². The third-order valence-electron chi connectivity index (χ3n) is 4.14. The zero-order chi connectivity index (χ0) is 15.7. The van der Waals surface area contributed by atoms with E-state index in [1.807, 2.05) is 19.1 Å². The van der Waals surface area contributed by atoms with E-state index in [0.29, 0.717) is 18.6 Å². The number of hydrogen-bond donors (Lipinski definition) is 0. The highest BCUT2D eigenvalue weighted by Crippen LogP contribution is 2.32. The average molecular weight is 315 g/mol. The first kappa shape index (κ1) is 14.9. The maximum absolute atomic E-state index is 12.4. The first-order chi connectivity index (χ1) is 10.5. The van der Waals surface area contributed by atoms with Gasteiger partial charge in [0.1, 0.15) is 0 Å². The number of ketones is 1. The van der Waals surface area contributed by atoms with Gasteiger partial charge in [-0.1, -0.05) is 29.8 Å². The lowest BCUT2D eigenvalue weighted by Gasteiger charge is -2.29. The van der Waals surface area contributed by atoms with Crippen molar-refractivity contribution in [1.29, 1.82) is 0 Å². The van der Waals surface area contributed by atoms with Crippen molar-refractivity contribution in [3.05, 3.63) is 54.1 Å². The van der Waals surface area contributed by atoms with Crippen LogP contribution in [0.4, 0.5) is 0 Å². The van der Waals surface area contributed by atoms with E-state index in [9.17, 15) is 13.2 Å². The van der Waals surface area contributed by atoms with Crippen molar-refractivity contribution in [3.8, 4) is 0 Å². The largest absolute Gasteiger partial charge is 0.295 e. The van der Waals surface area contributed by atoms with Gasteiger partial charge in [0, 0.05) is 11.8 Å². The van der Waals surface area contributed by atoms with Crippen molar-refractivity contribution in [1.82, 2.24) is 0 Å². The second kappa shape index (κ2) is 5.65. The molecule has 0 aromatic heterocycles. The van der Waals surface area contributed by atoms with Crippen LogP contribution >= 0.6 is 0 Å². The van der Waals surface area contributed by atoms with Gasteiger partial charge in [0.05, 0.1) is 10.6 Å². The maximum Gasteiger partial charge on any atom is 0.282 e. The van der Waals surface area contributed by atoms with Crippen LogP contribution in [0.1, 0.15) is 18.4 Å². The van der Waals surface area contributed by atoms with Crippen LogP contribution in [0.5, 0.6) is 0 Å². The number of allylic oxidation sites excluding steroid dienone is 4. The summed E-state index contributed by atoms with van der Waals surface area (Å²) in [7, 11) is -3.74. The van der Waals surface area contributed by atoms with Gasteiger partial charge < -0.3 is 0 Å². The van der Waals surface area contributed by atoms with Crippen LogP contribution in [-0.4, -0.2) is 19.9 Å². The maximum atomic E-state index is 12.4. The second-order valence-corrected chi connectivity index (χ2v) is 7.30. The molecule has 0 spiro atoms. The number of fused-ring (bicyclic) bond motifs is 1. The minimum absolute atomic E-state index is 0.0565. The van der Waals surface area contributed by atoms with Crippen molar-refractivity contribution in [2.24, 2.45) is 16.2 Å². The molecule has 2 aliphatic carbocycles. The molecule has 2 aliphatic rings. The van der Waals surface area contributed by atoms with Gasteiger partial charge in [-0.05, 0) is 44.1 Å². The lowest BCUT2D eigenvalue weighted by molar-refractivity contribution is -0.119. The lowest BCUT2D eigenvalue weighted by Crippen LogP contribution is -2.33. The van der Waals surface area contributed by atoms with E-state index >= 15 is 0 Å². The van der Waals surface area contributed by atoms with E-state index in [0.717, 1.165) is 5.56 Å². The summed E-state index contributed by atoms with van der Waals surface area (Å²) < 4.78 is 28.9. The van der Waals surface area contributed by atoms with Crippen LogP contribution in [0.3, 0.4) is 0 Å². The summed E-state index contributed by atoms with van der Waals surface area (Å²) in [5.41, 5.74) is 1.47. The van der Waals surface area contributed by atoms with Gasteiger partial charge in [-0.2, -0.15) is 12.8 Å². The van der Waals surface area contributed by atoms with Crippen LogP contribution in [0.2, 0.25) is 0 Å². The monoisotopic (exact) mass is 315 g/mol. The Morgan fingerprint density at radius 1 is 1.00 bits per heavy atom. The zero-order valence-electron chi connectivity index (χ0n) is 12.3. The summed E-state index contributed by atoms with van der Waals surface area (Å²) in [5.74, 6) is -0.259. The van der Waals surface area contributed by atoms with Crippen LogP contribution in [-0.2, 0) is 14.8 Å². The second-order valence-electron chi connectivity index (χ2n) is 5.70. The van der Waals surface area contributed by atoms with E-state index in [-0.39, 0.29) is 22.5 Å². The van der Waals surface area contributed by atoms with E-state index in [4.69, 9.17) is 0 Å². The fourth-order valence-electron chi connectivity index (χ4n) is 2.87. The standard InChI is InChI=1S/C17H17NO3S/c1-12-6-8-13(9-7-12)22(20,21)18-16-10-11-17(19)15-5-3-2-4-14(15)16/h2-3,6-11,14-15H,4-5H2,1H3/b18-16+. The predicted molar refractivity (Wildman–Crippen MR) is 85.3 cm³/mol. The molecule has 3 rings (SSSR count). The number of rotatable bonds is 2. The average Bonchev–Trinajstić information content (AvgIpc) is 2.51. The molecule has 0 bridgehead atoms. The van der Waals surface area contributed by atoms with Gasteiger partial charge in [-0.15, -0.1) is 0 Å². The van der Waals surface area contributed by atoms with E-state index in [1.165, 1.54) is 6.08 Å². The third kappa shape index (κ3) is 2.81. The molecule has 0 aliphatic heterocycles. The third-order valence-corrected chi connectivity index (χ3v) is 5.46. The summed E-state index contributed by atoms with van der Waals surface area (Å²) in [6.45, 7) is 1.90. The molecule has 0 heterocycles. The van der Waals surface area contributed by atoms with Crippen molar-refractivity contribution in [2.45, 2.75) is 24.7 Å². The Kier molecular flexibility index (Phi) is 3.83. The normalized spacial score (nSPS) is 26.2. The molecule has 0 amide bonds. The summed E-state index contributed by atoms with van der Waals surface area (Å²) in [4.78, 5) is 12.1. The molecular formula is C17H17NO3S. The van der Waals surface area contributed by atoms with Crippen molar-refractivity contribution in [2.75, 3.05) is 0 Å². The Bertz CT molecular complexity index is 786. The molecular weight excluding hydrogens is 298 g/mol. The summed E-state index contributed by atoms with van der Waals surface area (Å²) in [5, 5.41) is 0. The Morgan fingerprint density at radius 2 is 1.64 bits per heavy atom. The first-order valence-electron chi connectivity index (χ1n) is 7.26. The topological polar surface area (TPSA) is 63.6 Å². The molecule has 0 fully saturated rings. The molecule has 2 atom stereocenters. The van der Waals surface area contributed by atoms with E-state index in [2.05, 4.69) is 4.40 Å². The highest BCUT2D eigenvalue weighted by atomic mass is 32.2. The molecule has 1 aromatic rings. The number of nitrogens with zero attached hydrogens (tertiary/aromatic N) is 1. The fraction of sp³-hybridized carbons (Fsp3) is 0.294. The lowest BCUT2D eigenvalue weighted by atomic mass is 9.74. The van der Waals surface area contributed by atoms with Gasteiger partial charge in [0.25, 0.3) is 10.0 Å². The molecule has 0 N–H and O–H groups in total. The molecule has 114 valence electrons. The van der Waals surface area contributed by atoms with E-state index in [1.54, 1.807) is 30.3 Å². The van der Waals surface area contributed by atoms with Crippen LogP contribution in [0.25, 0.3) is 0 Å². The molecule has 5 heteroatoms. The van der Waals surface area contributed by atoms with Crippen LogP contribution in [0, 0.1) is 18.8 Å². The number of carbonyl (C=O) groups is 1. The molecule has 1 aromatic carbocycles. The number of benzene rings is 1. The Morgan fingerprint density at radius 3 is 2.32 bits per heavy atom. The molecule has 0 saturated carbocycles. The molecule has 0 radical (unpaired) electrons. The highest BCUT2D eigenvalue weighted by molar-refractivity contribution is 7.90. The van der Waals surface area contributed by atoms with Crippen LogP contribution in [0.15, 0.2) is 57.9 Å². The number of aryl methyl sites for hydroxylation is 1. The van der Waals surface area contributed by atoms with E-state index < -0.39 is 10.0 Å². The highest BCUT2D eigenvalue weighted by Gasteiger charge is 2.34. The number of sulfonamides is 1. The SMILES string of the molecule is Cc1ccc(S(=O)(=O)/N=C2\C=CC(=O)C3CC=CCC23)cc1. The Labute approximate surface area is 130 Å². The smallest absolute Gasteiger partial charge is 0.282 e. The summed E-state index contributed by atoms with van der Waals surface area (Å²) in [6, 6.07) is 6.62. The Balaban J connectivity index is 1.99. The van der Waals surface area contributed by atoms with Crippen molar-refractivity contribution >= 4 is 21.5 Å². The number of hydrogen-bond acceptors (Lipinski definition) is 3. The molecule has 0 saturated heterocycles. The van der Waals surface area contributed by atoms with Crippen LogP contribution < -0.4 is 0 Å². The van der Waals surface area contributed by atoms with Crippen molar-refractivity contribution in [3.63, 3.8) is 0 Å². The Hall–Kier alpha value is -2.01. The zero-order valence-corrected chi connectivity index (χ0v) is 13.1. The summed E-state index contributed by atoms with van der Waals surface area (Å²) >= 11 is 0. The minimum Gasteiger partial charge on any atom is -0.295 e. The minimum atomic E-state index is -3.74.